The van der Waals surface area contributed by atoms with Crippen molar-refractivity contribution >= 4 is 11.6 Å². The number of hydrogen-bond donors (Lipinski definition) is 0. The van der Waals surface area contributed by atoms with Gasteiger partial charge in [0.15, 0.2) is 0 Å². The van der Waals surface area contributed by atoms with Gasteiger partial charge in [0.2, 0.25) is 0 Å². The molecule has 0 saturated heterocycles. The zero-order valence-electron chi connectivity index (χ0n) is 11.5. The molecule has 0 atom stereocenters. The lowest BCUT2D eigenvalue weighted by Gasteiger charge is -2.06. The van der Waals surface area contributed by atoms with E-state index in [1.54, 1.807) is 6.33 Å². The van der Waals surface area contributed by atoms with Crippen LogP contribution in [0.15, 0.2) is 30.6 Å². The summed E-state index contributed by atoms with van der Waals surface area (Å²) in [6, 6.07) is 8.69. The van der Waals surface area contributed by atoms with E-state index in [2.05, 4.69) is 48.1 Å². The summed E-state index contributed by atoms with van der Waals surface area (Å²) in [7, 11) is 0. The second-order valence-electron chi connectivity index (χ2n) is 4.77. The molecule has 2 rings (SSSR count). The molecular formula is C16H19ClN2. The van der Waals surface area contributed by atoms with Crippen molar-refractivity contribution in [2.45, 2.75) is 39.5 Å². The Bertz CT molecular complexity index is 535. The highest BCUT2D eigenvalue weighted by Gasteiger charge is 2.07. The molecule has 0 fully saturated rings. The van der Waals surface area contributed by atoms with E-state index in [-0.39, 0.29) is 0 Å². The van der Waals surface area contributed by atoms with Crippen LogP contribution in [0.5, 0.6) is 0 Å². The Hall–Kier alpha value is -1.41. The van der Waals surface area contributed by atoms with Gasteiger partial charge in [-0.3, -0.25) is 0 Å². The number of benzene rings is 1. The van der Waals surface area contributed by atoms with Gasteiger partial charge in [-0.15, -0.1) is 0 Å². The average molecular weight is 275 g/mol. The van der Waals surface area contributed by atoms with Gasteiger partial charge in [-0.05, 0) is 38.2 Å². The molecule has 0 unspecified atom stereocenters. The number of nitrogens with zero attached hydrogens (tertiary/aromatic N) is 2. The minimum atomic E-state index is 0.744. The van der Waals surface area contributed by atoms with Crippen molar-refractivity contribution < 1.29 is 0 Å². The van der Waals surface area contributed by atoms with Gasteiger partial charge in [0, 0.05) is 0 Å². The van der Waals surface area contributed by atoms with Gasteiger partial charge in [0.05, 0.1) is 16.4 Å². The number of aryl methyl sites for hydroxylation is 4. The van der Waals surface area contributed by atoms with Crippen molar-refractivity contribution in [1.82, 2.24) is 9.97 Å². The van der Waals surface area contributed by atoms with E-state index in [9.17, 15) is 0 Å². The summed E-state index contributed by atoms with van der Waals surface area (Å²) in [5, 5.41) is 0.744. The van der Waals surface area contributed by atoms with Crippen molar-refractivity contribution in [2.75, 3.05) is 0 Å². The van der Waals surface area contributed by atoms with Crippen LogP contribution in [0.2, 0.25) is 5.02 Å². The molecule has 1 aromatic heterocycles. The Kier molecular flexibility index (Phi) is 4.92. The first-order chi connectivity index (χ1) is 9.20. The van der Waals surface area contributed by atoms with Crippen LogP contribution in [0, 0.1) is 6.92 Å². The fourth-order valence-corrected chi connectivity index (χ4v) is 2.41. The van der Waals surface area contributed by atoms with Crippen molar-refractivity contribution in [2.24, 2.45) is 0 Å². The second-order valence-corrected chi connectivity index (χ2v) is 5.15. The lowest BCUT2D eigenvalue weighted by molar-refractivity contribution is 0.789. The molecule has 0 radical (unpaired) electrons. The summed E-state index contributed by atoms with van der Waals surface area (Å²) in [4.78, 5) is 8.48. The Balaban J connectivity index is 1.94. The molecule has 0 bridgehead atoms. The van der Waals surface area contributed by atoms with Crippen LogP contribution in [0.3, 0.4) is 0 Å². The van der Waals surface area contributed by atoms with E-state index < -0.39 is 0 Å². The molecule has 0 aliphatic carbocycles. The first-order valence-electron chi connectivity index (χ1n) is 6.74. The van der Waals surface area contributed by atoms with Crippen molar-refractivity contribution in [3.63, 3.8) is 0 Å². The van der Waals surface area contributed by atoms with Crippen molar-refractivity contribution in [1.29, 1.82) is 0 Å². The van der Waals surface area contributed by atoms with E-state index in [0.717, 1.165) is 42.1 Å². The molecule has 2 nitrogen and oxygen atoms in total. The monoisotopic (exact) mass is 274 g/mol. The lowest BCUT2D eigenvalue weighted by atomic mass is 10.1. The molecule has 3 heteroatoms. The maximum absolute atomic E-state index is 6.29. The van der Waals surface area contributed by atoms with Gasteiger partial charge in [0.25, 0.3) is 0 Å². The summed E-state index contributed by atoms with van der Waals surface area (Å²) in [6.45, 7) is 4.17. The molecule has 1 heterocycles. The first-order valence-corrected chi connectivity index (χ1v) is 7.12. The number of rotatable bonds is 5. The molecule has 19 heavy (non-hydrogen) atoms. The van der Waals surface area contributed by atoms with E-state index in [4.69, 9.17) is 11.6 Å². The van der Waals surface area contributed by atoms with Gasteiger partial charge < -0.3 is 0 Å². The minimum absolute atomic E-state index is 0.744. The van der Waals surface area contributed by atoms with Crippen LogP contribution in [-0.2, 0) is 19.3 Å². The van der Waals surface area contributed by atoms with Crippen LogP contribution < -0.4 is 0 Å². The Morgan fingerprint density at radius 3 is 2.37 bits per heavy atom. The second kappa shape index (κ2) is 6.67. The molecule has 100 valence electrons. The predicted octanol–water partition coefficient (Wildman–Crippen LogP) is 4.18. The molecule has 0 spiro atoms. The third-order valence-corrected chi connectivity index (χ3v) is 3.70. The first kappa shape index (κ1) is 14.0. The average Bonchev–Trinajstić information content (AvgIpc) is 2.43. The standard InChI is InChI=1S/C16H19ClN2/c1-3-14-16(17)15(19-11-18-14)6-4-5-13-9-7-12(2)8-10-13/h7-11H,3-6H2,1-2H3. The summed E-state index contributed by atoms with van der Waals surface area (Å²) >= 11 is 6.29. The molecule has 2 aromatic rings. The topological polar surface area (TPSA) is 25.8 Å². The van der Waals surface area contributed by atoms with E-state index in [1.165, 1.54) is 11.1 Å². The number of halogens is 1. The highest BCUT2D eigenvalue weighted by atomic mass is 35.5. The maximum atomic E-state index is 6.29. The number of aromatic nitrogens is 2. The zero-order valence-corrected chi connectivity index (χ0v) is 12.2. The SMILES string of the molecule is CCc1ncnc(CCCc2ccc(C)cc2)c1Cl. The molecule has 0 N–H and O–H groups in total. The molecule has 0 amide bonds. The Labute approximate surface area is 119 Å². The largest absolute Gasteiger partial charge is 0.240 e. The summed E-state index contributed by atoms with van der Waals surface area (Å²) in [5.74, 6) is 0. The quantitative estimate of drug-likeness (QED) is 0.818. The molecular weight excluding hydrogens is 256 g/mol. The van der Waals surface area contributed by atoms with Crippen LogP contribution in [0.4, 0.5) is 0 Å². The normalized spacial score (nSPS) is 10.7. The molecule has 0 aliphatic rings. The van der Waals surface area contributed by atoms with Crippen LogP contribution in [0.1, 0.15) is 35.9 Å². The predicted molar refractivity (Wildman–Crippen MR) is 79.6 cm³/mol. The van der Waals surface area contributed by atoms with Crippen LogP contribution in [0.25, 0.3) is 0 Å². The van der Waals surface area contributed by atoms with E-state index in [0.29, 0.717) is 0 Å². The zero-order chi connectivity index (χ0) is 13.7. The van der Waals surface area contributed by atoms with E-state index in [1.807, 2.05) is 0 Å². The summed E-state index contributed by atoms with van der Waals surface area (Å²) in [6.07, 6.45) is 5.49. The lowest BCUT2D eigenvalue weighted by Crippen LogP contribution is -1.99. The molecule has 0 saturated carbocycles. The van der Waals surface area contributed by atoms with Gasteiger partial charge >= 0.3 is 0 Å². The van der Waals surface area contributed by atoms with Gasteiger partial charge in [-0.2, -0.15) is 0 Å². The van der Waals surface area contributed by atoms with Crippen molar-refractivity contribution in [3.8, 4) is 0 Å². The third kappa shape index (κ3) is 3.77. The molecule has 0 aliphatic heterocycles. The number of hydrogen-bond acceptors (Lipinski definition) is 2. The van der Waals surface area contributed by atoms with Crippen LogP contribution in [-0.4, -0.2) is 9.97 Å². The molecule has 1 aromatic carbocycles. The van der Waals surface area contributed by atoms with Gasteiger partial charge in [-0.25, -0.2) is 9.97 Å². The fraction of sp³-hybridized carbons (Fsp3) is 0.375. The van der Waals surface area contributed by atoms with Gasteiger partial charge in [0.1, 0.15) is 6.33 Å². The summed E-state index contributed by atoms with van der Waals surface area (Å²) in [5.41, 5.74) is 4.59. The fourth-order valence-electron chi connectivity index (χ4n) is 2.08. The smallest absolute Gasteiger partial charge is 0.116 e. The highest BCUT2D eigenvalue weighted by Crippen LogP contribution is 2.19. The van der Waals surface area contributed by atoms with Crippen molar-refractivity contribution in [3.05, 3.63) is 58.1 Å². The van der Waals surface area contributed by atoms with Crippen LogP contribution >= 0.6 is 11.6 Å². The third-order valence-electron chi connectivity index (χ3n) is 3.27. The van der Waals surface area contributed by atoms with Gasteiger partial charge in [-0.1, -0.05) is 48.4 Å². The Morgan fingerprint density at radius 1 is 1.00 bits per heavy atom. The maximum Gasteiger partial charge on any atom is 0.116 e. The highest BCUT2D eigenvalue weighted by molar-refractivity contribution is 6.31. The summed E-state index contributed by atoms with van der Waals surface area (Å²) < 4.78 is 0. The Morgan fingerprint density at radius 2 is 1.68 bits per heavy atom. The van der Waals surface area contributed by atoms with E-state index >= 15 is 0 Å². The minimum Gasteiger partial charge on any atom is -0.240 e.